The number of halogens is 1. The third-order valence-corrected chi connectivity index (χ3v) is 5.73. The molecule has 1 amide bonds. The Morgan fingerprint density at radius 2 is 1.88 bits per heavy atom. The SMILES string of the molecule is CSc1ccccc1NC(=O)c1ccc(N(C)S(C)(=O)=O)cc1Cl. The van der Waals surface area contributed by atoms with Crippen molar-refractivity contribution in [1.82, 2.24) is 0 Å². The Kier molecular flexibility index (Phi) is 5.79. The summed E-state index contributed by atoms with van der Waals surface area (Å²) >= 11 is 7.70. The number of hydrogen-bond acceptors (Lipinski definition) is 4. The van der Waals surface area contributed by atoms with Gasteiger partial charge in [-0.2, -0.15) is 0 Å². The van der Waals surface area contributed by atoms with Crippen LogP contribution >= 0.6 is 23.4 Å². The molecule has 0 fully saturated rings. The van der Waals surface area contributed by atoms with Crippen LogP contribution in [0, 0.1) is 0 Å². The number of sulfonamides is 1. The quantitative estimate of drug-likeness (QED) is 0.798. The van der Waals surface area contributed by atoms with Crippen LogP contribution in [0.2, 0.25) is 5.02 Å². The van der Waals surface area contributed by atoms with Gasteiger partial charge < -0.3 is 5.32 Å². The highest BCUT2D eigenvalue weighted by atomic mass is 35.5. The van der Waals surface area contributed by atoms with Gasteiger partial charge >= 0.3 is 0 Å². The summed E-state index contributed by atoms with van der Waals surface area (Å²) in [7, 11) is -1.97. The topological polar surface area (TPSA) is 66.5 Å². The average Bonchev–Trinajstić information content (AvgIpc) is 2.53. The molecule has 8 heteroatoms. The fourth-order valence-corrected chi connectivity index (χ4v) is 3.32. The van der Waals surface area contributed by atoms with Crippen LogP contribution in [0.3, 0.4) is 0 Å². The summed E-state index contributed by atoms with van der Waals surface area (Å²) in [5.74, 6) is -0.352. The van der Waals surface area contributed by atoms with E-state index in [0.29, 0.717) is 11.4 Å². The Balaban J connectivity index is 2.28. The first-order valence-corrected chi connectivity index (χ1v) is 10.4. The molecule has 0 aromatic heterocycles. The predicted octanol–water partition coefficient (Wildman–Crippen LogP) is 3.71. The summed E-state index contributed by atoms with van der Waals surface area (Å²) in [5, 5.41) is 3.00. The first-order valence-electron chi connectivity index (χ1n) is 6.92. The number of anilines is 2. The van der Waals surface area contributed by atoms with E-state index in [-0.39, 0.29) is 16.5 Å². The van der Waals surface area contributed by atoms with Gasteiger partial charge in [-0.05, 0) is 36.6 Å². The minimum absolute atomic E-state index is 0.183. The molecule has 0 saturated heterocycles. The molecule has 0 aliphatic carbocycles. The lowest BCUT2D eigenvalue weighted by Crippen LogP contribution is -2.25. The molecule has 128 valence electrons. The number of nitrogens with one attached hydrogen (secondary N) is 1. The van der Waals surface area contributed by atoms with E-state index in [9.17, 15) is 13.2 Å². The van der Waals surface area contributed by atoms with E-state index >= 15 is 0 Å². The molecule has 2 aromatic rings. The minimum atomic E-state index is -3.39. The van der Waals surface area contributed by atoms with Crippen molar-refractivity contribution in [2.45, 2.75) is 4.90 Å². The lowest BCUT2D eigenvalue weighted by molar-refractivity contribution is 0.102. The lowest BCUT2D eigenvalue weighted by atomic mass is 10.2. The van der Waals surface area contributed by atoms with E-state index in [2.05, 4.69) is 5.32 Å². The summed E-state index contributed by atoms with van der Waals surface area (Å²) in [6, 6.07) is 12.0. The fraction of sp³-hybridized carbons (Fsp3) is 0.188. The molecule has 0 spiro atoms. The van der Waals surface area contributed by atoms with Crippen molar-refractivity contribution in [3.63, 3.8) is 0 Å². The second-order valence-electron chi connectivity index (χ2n) is 5.05. The van der Waals surface area contributed by atoms with Crippen molar-refractivity contribution in [1.29, 1.82) is 0 Å². The van der Waals surface area contributed by atoms with Gasteiger partial charge in [0.15, 0.2) is 0 Å². The maximum atomic E-state index is 12.4. The van der Waals surface area contributed by atoms with Crippen molar-refractivity contribution >= 4 is 50.7 Å². The van der Waals surface area contributed by atoms with E-state index in [1.54, 1.807) is 6.07 Å². The number of thioether (sulfide) groups is 1. The lowest BCUT2D eigenvalue weighted by Gasteiger charge is -2.17. The molecule has 0 bridgehead atoms. The predicted molar refractivity (Wildman–Crippen MR) is 101 cm³/mol. The summed E-state index contributed by atoms with van der Waals surface area (Å²) in [6.45, 7) is 0. The Hall–Kier alpha value is -1.70. The van der Waals surface area contributed by atoms with Gasteiger partial charge in [0.05, 0.1) is 28.2 Å². The van der Waals surface area contributed by atoms with Gasteiger partial charge in [0.2, 0.25) is 10.0 Å². The highest BCUT2D eigenvalue weighted by molar-refractivity contribution is 7.98. The molecule has 0 aliphatic rings. The van der Waals surface area contributed by atoms with Gasteiger partial charge in [0, 0.05) is 11.9 Å². The van der Waals surface area contributed by atoms with Gasteiger partial charge in [0.1, 0.15) is 0 Å². The van der Waals surface area contributed by atoms with Gasteiger partial charge in [-0.25, -0.2) is 8.42 Å². The highest BCUT2D eigenvalue weighted by Gasteiger charge is 2.17. The molecule has 0 saturated carbocycles. The smallest absolute Gasteiger partial charge is 0.257 e. The molecular formula is C16H17ClN2O3S2. The van der Waals surface area contributed by atoms with E-state index in [4.69, 9.17) is 11.6 Å². The van der Waals surface area contributed by atoms with E-state index in [0.717, 1.165) is 15.5 Å². The Morgan fingerprint density at radius 3 is 2.46 bits per heavy atom. The standard InChI is InChI=1S/C16H17ClN2O3S2/c1-19(24(3,21)22)11-8-9-12(13(17)10-11)16(20)18-14-6-4-5-7-15(14)23-2/h4-10H,1-3H3,(H,18,20). The monoisotopic (exact) mass is 384 g/mol. The summed E-state index contributed by atoms with van der Waals surface area (Å²) in [6.07, 6.45) is 3.02. The third-order valence-electron chi connectivity index (χ3n) is 3.41. The third kappa shape index (κ3) is 4.23. The van der Waals surface area contributed by atoms with Crippen LogP contribution in [-0.4, -0.2) is 33.9 Å². The van der Waals surface area contributed by atoms with Crippen LogP contribution in [0.5, 0.6) is 0 Å². The second-order valence-corrected chi connectivity index (χ2v) is 8.32. The Morgan fingerprint density at radius 1 is 1.21 bits per heavy atom. The molecule has 0 aliphatic heterocycles. The number of benzene rings is 2. The Labute approximate surface area is 151 Å². The summed E-state index contributed by atoms with van der Waals surface area (Å²) in [5.41, 5.74) is 1.37. The zero-order valence-electron chi connectivity index (χ0n) is 13.4. The minimum Gasteiger partial charge on any atom is -0.321 e. The van der Waals surface area contributed by atoms with Gasteiger partial charge in [-0.3, -0.25) is 9.10 Å². The number of carbonyl (C=O) groups excluding carboxylic acids is 1. The van der Waals surface area contributed by atoms with Crippen LogP contribution in [0.25, 0.3) is 0 Å². The summed E-state index contributed by atoms with van der Waals surface area (Å²) in [4.78, 5) is 13.4. The number of para-hydroxylation sites is 1. The molecule has 0 heterocycles. The first kappa shape index (κ1) is 18.6. The van der Waals surface area contributed by atoms with E-state index in [1.807, 2.05) is 30.5 Å². The van der Waals surface area contributed by atoms with Crippen LogP contribution in [0.15, 0.2) is 47.4 Å². The molecule has 0 unspecified atom stereocenters. The molecule has 2 aromatic carbocycles. The Bertz CT molecular complexity index is 869. The number of amides is 1. The van der Waals surface area contributed by atoms with E-state index < -0.39 is 10.0 Å². The zero-order valence-corrected chi connectivity index (χ0v) is 15.8. The number of rotatable bonds is 5. The van der Waals surface area contributed by atoms with Gasteiger partial charge in [-0.1, -0.05) is 23.7 Å². The molecule has 24 heavy (non-hydrogen) atoms. The number of hydrogen-bond donors (Lipinski definition) is 1. The van der Waals surface area contributed by atoms with Crippen molar-refractivity contribution in [3.05, 3.63) is 53.1 Å². The van der Waals surface area contributed by atoms with Crippen molar-refractivity contribution in [3.8, 4) is 0 Å². The normalized spacial score (nSPS) is 11.2. The maximum Gasteiger partial charge on any atom is 0.257 e. The van der Waals surface area contributed by atoms with Crippen LogP contribution < -0.4 is 9.62 Å². The molecule has 5 nitrogen and oxygen atoms in total. The van der Waals surface area contributed by atoms with Crippen molar-refractivity contribution < 1.29 is 13.2 Å². The summed E-state index contributed by atoms with van der Waals surface area (Å²) < 4.78 is 24.3. The van der Waals surface area contributed by atoms with Crippen molar-refractivity contribution in [2.24, 2.45) is 0 Å². The van der Waals surface area contributed by atoms with Crippen LogP contribution in [0.4, 0.5) is 11.4 Å². The largest absolute Gasteiger partial charge is 0.321 e. The van der Waals surface area contributed by atoms with Gasteiger partial charge in [-0.15, -0.1) is 11.8 Å². The molecule has 0 atom stereocenters. The van der Waals surface area contributed by atoms with E-state index in [1.165, 1.54) is 30.9 Å². The molecule has 1 N–H and O–H groups in total. The molecular weight excluding hydrogens is 368 g/mol. The highest BCUT2D eigenvalue weighted by Crippen LogP contribution is 2.28. The van der Waals surface area contributed by atoms with Crippen LogP contribution in [0.1, 0.15) is 10.4 Å². The molecule has 2 rings (SSSR count). The number of carbonyl (C=O) groups is 1. The zero-order chi connectivity index (χ0) is 17.9. The number of nitrogens with zero attached hydrogens (tertiary/aromatic N) is 1. The van der Waals surface area contributed by atoms with Crippen LogP contribution in [-0.2, 0) is 10.0 Å². The second kappa shape index (κ2) is 7.46. The maximum absolute atomic E-state index is 12.4. The van der Waals surface area contributed by atoms with Gasteiger partial charge in [0.25, 0.3) is 5.91 Å². The molecule has 0 radical (unpaired) electrons. The van der Waals surface area contributed by atoms with Crippen molar-refractivity contribution in [2.75, 3.05) is 29.2 Å². The average molecular weight is 385 g/mol. The fourth-order valence-electron chi connectivity index (χ4n) is 2.01. The first-order chi connectivity index (χ1) is 11.2.